The minimum absolute atomic E-state index is 0.128. The number of nitro groups is 1. The first-order valence-corrected chi connectivity index (χ1v) is 11.3. The summed E-state index contributed by atoms with van der Waals surface area (Å²) in [6.45, 7) is 0. The van der Waals surface area contributed by atoms with Crippen LogP contribution in [0.5, 0.6) is 0 Å². The second-order valence-corrected chi connectivity index (χ2v) is 8.95. The SMILES string of the molecule is NC(N)=NC(=O)CC[C@H](NC(=O)c1sccc1NS(=O)(=O)c1ccc([N+](=O)[O-])cc1)C(=O)O. The second kappa shape index (κ2) is 10.5. The Balaban J connectivity index is 2.15. The number of nitrogens with zero attached hydrogens (tertiary/aromatic N) is 2. The van der Waals surface area contributed by atoms with Gasteiger partial charge in [0.05, 0.1) is 15.5 Å². The van der Waals surface area contributed by atoms with Crippen molar-refractivity contribution in [1.82, 2.24) is 5.32 Å². The second-order valence-electron chi connectivity index (χ2n) is 6.35. The van der Waals surface area contributed by atoms with Crippen molar-refractivity contribution in [3.8, 4) is 0 Å². The number of anilines is 1. The van der Waals surface area contributed by atoms with Gasteiger partial charge in [0.2, 0.25) is 5.91 Å². The standard InChI is InChI=1S/C17H18N6O8S2/c18-17(19)21-13(24)6-5-12(16(26)27)20-15(25)14-11(7-8-32-14)22-33(30,31)10-3-1-9(2-4-10)23(28)29/h1-4,7-8,12,22H,5-6H2,(H,20,25)(H,26,27)(H4,18,19,21,24)/t12-/m0/s1. The predicted molar refractivity (Wildman–Crippen MR) is 117 cm³/mol. The number of sulfonamides is 1. The van der Waals surface area contributed by atoms with E-state index in [0.717, 1.165) is 35.6 Å². The minimum Gasteiger partial charge on any atom is -0.480 e. The number of nitrogens with two attached hydrogens (primary N) is 2. The molecule has 1 heterocycles. The molecule has 0 fully saturated rings. The number of rotatable bonds is 10. The monoisotopic (exact) mass is 498 g/mol. The lowest BCUT2D eigenvalue weighted by molar-refractivity contribution is -0.384. The van der Waals surface area contributed by atoms with Crippen LogP contribution in [-0.4, -0.2) is 48.2 Å². The summed E-state index contributed by atoms with van der Waals surface area (Å²) < 4.78 is 27.3. The van der Waals surface area contributed by atoms with Gasteiger partial charge in [-0.15, -0.1) is 11.3 Å². The van der Waals surface area contributed by atoms with Gasteiger partial charge in [0.15, 0.2) is 5.96 Å². The Bertz CT molecular complexity index is 1200. The maximum absolute atomic E-state index is 12.6. The zero-order chi connectivity index (χ0) is 24.8. The van der Waals surface area contributed by atoms with Gasteiger partial charge in [0, 0.05) is 18.6 Å². The van der Waals surface area contributed by atoms with E-state index in [1.165, 1.54) is 11.4 Å². The normalized spacial score (nSPS) is 11.8. The van der Waals surface area contributed by atoms with E-state index >= 15 is 0 Å². The fourth-order valence-electron chi connectivity index (χ4n) is 2.47. The van der Waals surface area contributed by atoms with Crippen LogP contribution in [0.25, 0.3) is 0 Å². The number of carbonyl (C=O) groups is 3. The molecule has 0 spiro atoms. The minimum atomic E-state index is -4.20. The van der Waals surface area contributed by atoms with Gasteiger partial charge in [-0.2, -0.15) is 4.99 Å². The Morgan fingerprint density at radius 1 is 1.18 bits per heavy atom. The third-order valence-electron chi connectivity index (χ3n) is 3.98. The summed E-state index contributed by atoms with van der Waals surface area (Å²) in [5, 5.41) is 23.7. The van der Waals surface area contributed by atoms with Crippen LogP contribution < -0.4 is 21.5 Å². The molecule has 2 rings (SSSR count). The topological polar surface area (TPSA) is 237 Å². The van der Waals surface area contributed by atoms with E-state index in [1.54, 1.807) is 0 Å². The summed E-state index contributed by atoms with van der Waals surface area (Å²) in [4.78, 5) is 48.4. The molecule has 1 atom stereocenters. The first-order chi connectivity index (χ1) is 15.4. The molecule has 0 unspecified atom stereocenters. The number of nitro benzene ring substituents is 1. The maximum atomic E-state index is 12.6. The molecule has 2 amide bonds. The molecule has 0 bridgehead atoms. The molecular formula is C17H18N6O8S2. The largest absolute Gasteiger partial charge is 0.480 e. The van der Waals surface area contributed by atoms with Crippen LogP contribution in [0.3, 0.4) is 0 Å². The molecule has 0 saturated heterocycles. The smallest absolute Gasteiger partial charge is 0.326 e. The molecule has 176 valence electrons. The molecule has 1 aromatic carbocycles. The Hall–Kier alpha value is -4.05. The van der Waals surface area contributed by atoms with E-state index in [0.29, 0.717) is 0 Å². The molecule has 0 aliphatic heterocycles. The van der Waals surface area contributed by atoms with Crippen LogP contribution in [-0.2, 0) is 19.6 Å². The average Bonchev–Trinajstić information content (AvgIpc) is 3.17. The fourth-order valence-corrected chi connectivity index (χ4v) is 4.35. The van der Waals surface area contributed by atoms with Crippen LogP contribution in [0.2, 0.25) is 0 Å². The first-order valence-electron chi connectivity index (χ1n) is 8.91. The van der Waals surface area contributed by atoms with Crippen molar-refractivity contribution < 1.29 is 32.8 Å². The Morgan fingerprint density at radius 2 is 1.82 bits per heavy atom. The number of carboxylic acids is 1. The van der Waals surface area contributed by atoms with Gasteiger partial charge in [0.1, 0.15) is 10.9 Å². The zero-order valence-electron chi connectivity index (χ0n) is 16.6. The molecule has 7 N–H and O–H groups in total. The molecule has 0 saturated carbocycles. The van der Waals surface area contributed by atoms with Crippen LogP contribution >= 0.6 is 11.3 Å². The van der Waals surface area contributed by atoms with Crippen molar-refractivity contribution in [3.05, 3.63) is 50.7 Å². The highest BCUT2D eigenvalue weighted by molar-refractivity contribution is 7.92. The number of hydrogen-bond acceptors (Lipinski definition) is 8. The van der Waals surface area contributed by atoms with E-state index in [1.807, 2.05) is 0 Å². The van der Waals surface area contributed by atoms with E-state index < -0.39 is 44.7 Å². The number of hydrogen-bond donors (Lipinski definition) is 5. The van der Waals surface area contributed by atoms with Crippen molar-refractivity contribution in [1.29, 1.82) is 0 Å². The van der Waals surface area contributed by atoms with Crippen molar-refractivity contribution >= 4 is 56.5 Å². The van der Waals surface area contributed by atoms with E-state index in [4.69, 9.17) is 11.5 Å². The molecule has 0 aliphatic carbocycles. The van der Waals surface area contributed by atoms with Crippen molar-refractivity contribution in [3.63, 3.8) is 0 Å². The van der Waals surface area contributed by atoms with Gasteiger partial charge < -0.3 is 21.9 Å². The Labute approximate surface area is 190 Å². The molecule has 1 aromatic heterocycles. The highest BCUT2D eigenvalue weighted by Gasteiger charge is 2.25. The lowest BCUT2D eigenvalue weighted by atomic mass is 10.1. The lowest BCUT2D eigenvalue weighted by Crippen LogP contribution is -2.41. The van der Waals surface area contributed by atoms with E-state index in [9.17, 15) is 38.0 Å². The van der Waals surface area contributed by atoms with Gasteiger partial charge in [-0.3, -0.25) is 24.4 Å². The molecule has 2 aromatic rings. The van der Waals surface area contributed by atoms with Crippen LogP contribution in [0, 0.1) is 10.1 Å². The zero-order valence-corrected chi connectivity index (χ0v) is 18.3. The number of benzene rings is 1. The first kappa shape index (κ1) is 25.2. The van der Waals surface area contributed by atoms with Crippen LogP contribution in [0.4, 0.5) is 11.4 Å². The highest BCUT2D eigenvalue weighted by atomic mass is 32.2. The van der Waals surface area contributed by atoms with Crippen molar-refractivity contribution in [2.24, 2.45) is 16.5 Å². The number of amides is 2. The molecule has 14 nitrogen and oxygen atoms in total. The average molecular weight is 498 g/mol. The van der Waals surface area contributed by atoms with Gasteiger partial charge in [-0.25, -0.2) is 13.2 Å². The van der Waals surface area contributed by atoms with E-state index in [-0.39, 0.29) is 34.0 Å². The molecule has 0 aliphatic rings. The van der Waals surface area contributed by atoms with Crippen molar-refractivity contribution in [2.75, 3.05) is 4.72 Å². The molecule has 16 heteroatoms. The number of carbonyl (C=O) groups excluding carboxylic acids is 2. The van der Waals surface area contributed by atoms with Gasteiger partial charge in [0.25, 0.3) is 21.6 Å². The number of guanidine groups is 1. The van der Waals surface area contributed by atoms with Crippen LogP contribution in [0.1, 0.15) is 22.5 Å². The maximum Gasteiger partial charge on any atom is 0.326 e. The number of aliphatic carboxylic acids is 1. The third-order valence-corrected chi connectivity index (χ3v) is 6.27. The predicted octanol–water partition coefficient (Wildman–Crippen LogP) is 0.220. The summed E-state index contributed by atoms with van der Waals surface area (Å²) in [7, 11) is -4.20. The summed E-state index contributed by atoms with van der Waals surface area (Å²) in [6, 6.07) is 3.90. The van der Waals surface area contributed by atoms with Gasteiger partial charge >= 0.3 is 5.97 Å². The Kier molecular flexibility index (Phi) is 8.03. The van der Waals surface area contributed by atoms with E-state index in [2.05, 4.69) is 15.0 Å². The highest BCUT2D eigenvalue weighted by Crippen LogP contribution is 2.26. The number of thiophene rings is 1. The number of aliphatic imine (C=N–C) groups is 1. The fraction of sp³-hybridized carbons (Fsp3) is 0.176. The van der Waals surface area contributed by atoms with Crippen LogP contribution in [0.15, 0.2) is 45.6 Å². The third kappa shape index (κ3) is 6.97. The van der Waals surface area contributed by atoms with Gasteiger partial charge in [-0.1, -0.05) is 0 Å². The van der Waals surface area contributed by atoms with Gasteiger partial charge in [-0.05, 0) is 30.0 Å². The molecular weight excluding hydrogens is 480 g/mol. The number of non-ortho nitro benzene ring substituents is 1. The number of nitrogens with one attached hydrogen (secondary N) is 2. The summed E-state index contributed by atoms with van der Waals surface area (Å²) in [6.07, 6.45) is -0.675. The molecule has 0 radical (unpaired) electrons. The summed E-state index contributed by atoms with van der Waals surface area (Å²) in [5.41, 5.74) is 9.71. The Morgan fingerprint density at radius 3 is 2.36 bits per heavy atom. The van der Waals surface area contributed by atoms with Crippen molar-refractivity contribution in [2.45, 2.75) is 23.8 Å². The number of carboxylic acid groups (broad SMARTS) is 1. The quantitative estimate of drug-likeness (QED) is 0.129. The summed E-state index contributed by atoms with van der Waals surface area (Å²) >= 11 is 0.843. The summed E-state index contributed by atoms with van der Waals surface area (Å²) in [5.74, 6) is -3.58. The molecule has 33 heavy (non-hydrogen) atoms. The lowest BCUT2D eigenvalue weighted by Gasteiger charge is -2.14.